The standard InChI is InChI=1S/C48H57ClN8O6S/c1-48(2)16-14-36(42(28-48)34-6-8-37(49)9-7-34)32-55-19-21-56(22-20-55)38-10-12-41(45(26-38)63-39-25-35-15-17-50-46(35)52-30-39)47(58)53-64(61)40-11-13-43(44(27-40)57(59)60)51-29-33-5-4-18-54(31-33)23-24-62-3/h6-13,15,17,25-27,30,33,51H,4-5,14,16,18-24,28-29,31-32H2,1-3H3,(H,50,52)(H,53,58). The average molecular weight is 910 g/mol. The summed E-state index contributed by atoms with van der Waals surface area (Å²) in [5.41, 5.74) is 6.29. The predicted molar refractivity (Wildman–Crippen MR) is 254 cm³/mol. The zero-order valence-corrected chi connectivity index (χ0v) is 38.3. The number of halogens is 1. The van der Waals surface area contributed by atoms with Crippen molar-refractivity contribution in [2.75, 3.05) is 82.8 Å². The fraction of sp³-hybridized carbons (Fsp3) is 0.417. The SMILES string of the molecule is COCCN1CCCC(CNc2ccc([S+]([O-])NC(=O)c3ccc(N4CCN(CC5=C(c6ccc(Cl)cc6)CC(C)(C)CC5)CC4)cc3Oc3cnc4[nH]ccc4c3)cc2[N+](=O)[O-])C1. The van der Waals surface area contributed by atoms with E-state index >= 15 is 0 Å². The fourth-order valence-electron chi connectivity index (χ4n) is 9.10. The van der Waals surface area contributed by atoms with Gasteiger partial charge >= 0.3 is 0 Å². The summed E-state index contributed by atoms with van der Waals surface area (Å²) in [6.07, 6.45) is 8.70. The molecule has 1 amide bonds. The molecule has 4 heterocycles. The first-order valence-corrected chi connectivity index (χ1v) is 23.6. The van der Waals surface area contributed by atoms with Gasteiger partial charge in [-0.15, -0.1) is 0 Å². The number of likely N-dealkylation sites (tertiary alicyclic amines) is 1. The number of piperidine rings is 1. The molecule has 2 atom stereocenters. The molecule has 3 aliphatic rings. The number of ether oxygens (including phenoxy) is 2. The Hall–Kier alpha value is -5.16. The van der Waals surface area contributed by atoms with E-state index in [1.54, 1.807) is 37.7 Å². The van der Waals surface area contributed by atoms with E-state index in [1.165, 1.54) is 22.8 Å². The van der Waals surface area contributed by atoms with Crippen molar-refractivity contribution in [1.29, 1.82) is 0 Å². The summed E-state index contributed by atoms with van der Waals surface area (Å²) in [6, 6.07) is 21.7. The number of rotatable bonds is 16. The Labute approximate surface area is 382 Å². The second kappa shape index (κ2) is 20.3. The average Bonchev–Trinajstić information content (AvgIpc) is 3.77. The zero-order chi connectivity index (χ0) is 44.8. The van der Waals surface area contributed by atoms with Gasteiger partial charge in [-0.25, -0.2) is 4.98 Å². The lowest BCUT2D eigenvalue weighted by molar-refractivity contribution is -0.384. The van der Waals surface area contributed by atoms with Crippen LogP contribution in [0.15, 0.2) is 95.7 Å². The van der Waals surface area contributed by atoms with Crippen molar-refractivity contribution in [1.82, 2.24) is 24.5 Å². The van der Waals surface area contributed by atoms with Crippen molar-refractivity contribution >= 4 is 62.5 Å². The van der Waals surface area contributed by atoms with Gasteiger partial charge in [0.25, 0.3) is 11.6 Å². The molecule has 5 aromatic rings. The quantitative estimate of drug-likeness (QED) is 0.0492. The molecule has 8 rings (SSSR count). The van der Waals surface area contributed by atoms with Gasteiger partial charge in [-0.2, -0.15) is 4.72 Å². The van der Waals surface area contributed by atoms with Crippen molar-refractivity contribution in [2.24, 2.45) is 11.3 Å². The second-order valence-corrected chi connectivity index (χ2v) is 19.5. The molecule has 0 bridgehead atoms. The third-order valence-corrected chi connectivity index (χ3v) is 14.0. The Morgan fingerprint density at radius 2 is 1.84 bits per heavy atom. The van der Waals surface area contributed by atoms with Crippen LogP contribution in [0.2, 0.25) is 5.02 Å². The summed E-state index contributed by atoms with van der Waals surface area (Å²) in [5.74, 6) is 0.362. The molecule has 3 aromatic carbocycles. The largest absolute Gasteiger partial charge is 0.588 e. The summed E-state index contributed by atoms with van der Waals surface area (Å²) in [5, 5.41) is 17.1. The van der Waals surface area contributed by atoms with Crippen LogP contribution in [0.3, 0.4) is 0 Å². The second-order valence-electron chi connectivity index (χ2n) is 17.9. The minimum Gasteiger partial charge on any atom is -0.588 e. The van der Waals surface area contributed by atoms with Gasteiger partial charge in [0.2, 0.25) is 0 Å². The van der Waals surface area contributed by atoms with Crippen LogP contribution in [0.1, 0.15) is 61.9 Å². The number of aromatic amines is 1. The molecule has 2 fully saturated rings. The summed E-state index contributed by atoms with van der Waals surface area (Å²) in [4.78, 5) is 40.5. The van der Waals surface area contributed by atoms with Crippen molar-refractivity contribution in [3.8, 4) is 11.5 Å². The Bertz CT molecular complexity index is 2470. The number of nitrogens with zero attached hydrogens (tertiary/aromatic N) is 5. The lowest BCUT2D eigenvalue weighted by Crippen LogP contribution is -2.47. The predicted octanol–water partition coefficient (Wildman–Crippen LogP) is 8.93. The number of carbonyl (C=O) groups excluding carboxylic acids is 1. The number of hydrogen-bond donors (Lipinski definition) is 3. The third kappa shape index (κ3) is 11.2. The van der Waals surface area contributed by atoms with Crippen LogP contribution < -0.4 is 19.7 Å². The van der Waals surface area contributed by atoms with Crippen LogP contribution in [0.25, 0.3) is 16.6 Å². The molecule has 2 unspecified atom stereocenters. The van der Waals surface area contributed by atoms with Gasteiger partial charge in [-0.05, 0) is 110 Å². The first-order chi connectivity index (χ1) is 30.9. The Balaban J connectivity index is 0.963. The molecular weight excluding hydrogens is 852 g/mol. The first kappa shape index (κ1) is 45.4. The van der Waals surface area contributed by atoms with Crippen LogP contribution in [0.4, 0.5) is 17.1 Å². The molecule has 2 saturated heterocycles. The number of amides is 1. The molecule has 0 radical (unpaired) electrons. The minimum atomic E-state index is -2.12. The van der Waals surface area contributed by atoms with Gasteiger partial charge in [-0.3, -0.25) is 19.8 Å². The number of nitro groups is 1. The van der Waals surface area contributed by atoms with E-state index in [2.05, 4.69) is 60.7 Å². The van der Waals surface area contributed by atoms with E-state index in [-0.39, 0.29) is 27.3 Å². The summed E-state index contributed by atoms with van der Waals surface area (Å²) in [6.45, 7) is 12.8. The number of methoxy groups -OCH3 is 1. The Morgan fingerprint density at radius 1 is 1.03 bits per heavy atom. The lowest BCUT2D eigenvalue weighted by atomic mass is 9.72. The molecule has 2 aromatic heterocycles. The van der Waals surface area contributed by atoms with Crippen LogP contribution >= 0.6 is 11.6 Å². The van der Waals surface area contributed by atoms with E-state index < -0.39 is 22.2 Å². The normalized spacial score (nSPS) is 18.8. The zero-order valence-electron chi connectivity index (χ0n) is 36.7. The topological polar surface area (TPSA) is 164 Å². The van der Waals surface area contributed by atoms with Crippen molar-refractivity contribution < 1.29 is 23.7 Å². The number of nitrogens with one attached hydrogen (secondary N) is 3. The molecule has 338 valence electrons. The van der Waals surface area contributed by atoms with E-state index in [0.717, 1.165) is 101 Å². The Morgan fingerprint density at radius 3 is 2.62 bits per heavy atom. The van der Waals surface area contributed by atoms with E-state index in [1.807, 2.05) is 36.4 Å². The molecule has 14 nitrogen and oxygen atoms in total. The van der Waals surface area contributed by atoms with Gasteiger partial charge < -0.3 is 34.1 Å². The van der Waals surface area contributed by atoms with E-state index in [9.17, 15) is 19.5 Å². The molecule has 64 heavy (non-hydrogen) atoms. The third-order valence-electron chi connectivity index (χ3n) is 12.7. The number of H-pyrrole nitrogens is 1. The Kier molecular flexibility index (Phi) is 14.4. The number of allylic oxidation sites excluding steroid dienone is 1. The number of aromatic nitrogens is 2. The highest BCUT2D eigenvalue weighted by Gasteiger charge is 2.31. The minimum absolute atomic E-state index is 0.0982. The van der Waals surface area contributed by atoms with Crippen molar-refractivity contribution in [3.05, 3.63) is 117 Å². The number of carbonyl (C=O) groups is 1. The molecular formula is C48H57ClN8O6S. The smallest absolute Gasteiger partial charge is 0.297 e. The van der Waals surface area contributed by atoms with E-state index in [0.29, 0.717) is 36.2 Å². The molecule has 3 N–H and O–H groups in total. The maximum absolute atomic E-state index is 14.0. The summed E-state index contributed by atoms with van der Waals surface area (Å²) >= 11 is 4.14. The van der Waals surface area contributed by atoms with Gasteiger partial charge in [0, 0.05) is 87.8 Å². The van der Waals surface area contributed by atoms with Gasteiger partial charge in [0.15, 0.2) is 4.90 Å². The number of nitro benzene ring substituents is 1. The highest BCUT2D eigenvalue weighted by molar-refractivity contribution is 7.90. The summed E-state index contributed by atoms with van der Waals surface area (Å²) < 4.78 is 27.9. The number of pyridine rings is 1. The molecule has 1 aliphatic carbocycles. The lowest BCUT2D eigenvalue weighted by Gasteiger charge is -2.39. The van der Waals surface area contributed by atoms with Crippen LogP contribution in [0, 0.1) is 21.4 Å². The van der Waals surface area contributed by atoms with Gasteiger partial charge in [0.05, 0.1) is 29.4 Å². The maximum Gasteiger partial charge on any atom is 0.297 e. The monoisotopic (exact) mass is 908 g/mol. The first-order valence-electron chi connectivity index (χ1n) is 22.1. The summed E-state index contributed by atoms with van der Waals surface area (Å²) in [7, 11) is 1.69. The van der Waals surface area contributed by atoms with Gasteiger partial charge in [-0.1, -0.05) is 43.2 Å². The molecule has 0 saturated carbocycles. The molecule has 0 spiro atoms. The number of fused-ring (bicyclic) bond motifs is 1. The van der Waals surface area contributed by atoms with E-state index in [4.69, 9.17) is 21.1 Å². The maximum atomic E-state index is 14.0. The van der Waals surface area contributed by atoms with Crippen molar-refractivity contribution in [2.45, 2.75) is 50.8 Å². The van der Waals surface area contributed by atoms with Crippen LogP contribution in [-0.2, 0) is 16.1 Å². The van der Waals surface area contributed by atoms with Crippen LogP contribution in [-0.4, -0.2) is 108 Å². The highest BCUT2D eigenvalue weighted by atomic mass is 35.5. The fourth-order valence-corrected chi connectivity index (χ4v) is 10.0. The number of anilines is 2. The van der Waals surface area contributed by atoms with Crippen molar-refractivity contribution in [3.63, 3.8) is 0 Å². The number of piperazine rings is 1. The number of hydrogen-bond acceptors (Lipinski definition) is 11. The highest BCUT2D eigenvalue weighted by Crippen LogP contribution is 2.43. The van der Waals surface area contributed by atoms with Crippen LogP contribution in [0.5, 0.6) is 11.5 Å². The molecule has 16 heteroatoms. The number of benzene rings is 3. The molecule has 2 aliphatic heterocycles. The van der Waals surface area contributed by atoms with Gasteiger partial charge in [0.1, 0.15) is 34.2 Å².